The molecule has 126 valence electrons. The minimum atomic E-state index is 0.763. The third-order valence-corrected chi connectivity index (χ3v) is 3.39. The molecular weight excluding hydrogens is 292 g/mol. The van der Waals surface area contributed by atoms with Crippen molar-refractivity contribution in [3.05, 3.63) is 82.4 Å². The van der Waals surface area contributed by atoms with Crippen molar-refractivity contribution >= 4 is 12.2 Å². The normalized spacial score (nSPS) is 9.21. The first-order valence-electron chi connectivity index (χ1n) is 7.92. The van der Waals surface area contributed by atoms with Crippen molar-refractivity contribution in [2.75, 3.05) is 7.05 Å². The lowest BCUT2D eigenvalue weighted by Gasteiger charge is -2.03. The van der Waals surface area contributed by atoms with Crippen LogP contribution in [0, 0.1) is 32.1 Å². The molecule has 2 rings (SSSR count). The molecule has 2 nitrogen and oxygen atoms in total. The van der Waals surface area contributed by atoms with E-state index in [1.54, 1.807) is 0 Å². The number of nitriles is 1. The summed E-state index contributed by atoms with van der Waals surface area (Å²) in [4.78, 5) is 0. The van der Waals surface area contributed by atoms with Crippen LogP contribution in [0.25, 0.3) is 12.2 Å². The Labute approximate surface area is 147 Å². The molecule has 0 atom stereocenters. The Kier molecular flexibility index (Phi) is 10.6. The van der Waals surface area contributed by atoms with Gasteiger partial charge in [0.15, 0.2) is 0 Å². The van der Waals surface area contributed by atoms with Crippen molar-refractivity contribution < 1.29 is 0 Å². The van der Waals surface area contributed by atoms with Crippen LogP contribution in [0.2, 0.25) is 0 Å². The van der Waals surface area contributed by atoms with Gasteiger partial charge in [0.25, 0.3) is 0 Å². The van der Waals surface area contributed by atoms with Gasteiger partial charge in [0, 0.05) is 0 Å². The van der Waals surface area contributed by atoms with E-state index in [0.29, 0.717) is 0 Å². The molecule has 0 bridgehead atoms. The Balaban J connectivity index is 0.000000420. The maximum Gasteiger partial charge on any atom is 0.0994 e. The first-order chi connectivity index (χ1) is 11.5. The van der Waals surface area contributed by atoms with Gasteiger partial charge in [0.05, 0.1) is 11.6 Å². The molecule has 0 amide bonds. The van der Waals surface area contributed by atoms with Crippen molar-refractivity contribution in [1.82, 2.24) is 0 Å². The van der Waals surface area contributed by atoms with E-state index in [1.807, 2.05) is 44.2 Å². The van der Waals surface area contributed by atoms with Crippen LogP contribution in [0.3, 0.4) is 0 Å². The maximum atomic E-state index is 8.83. The highest BCUT2D eigenvalue weighted by molar-refractivity contribution is 5.58. The number of hydrogen-bond acceptors (Lipinski definition) is 2. The summed E-state index contributed by atoms with van der Waals surface area (Å²) in [5.74, 6) is 0. The van der Waals surface area contributed by atoms with Crippen LogP contribution in [0.5, 0.6) is 0 Å². The quantitative estimate of drug-likeness (QED) is 0.803. The first-order valence-corrected chi connectivity index (χ1v) is 7.92. The molecule has 2 heteroatoms. The zero-order valence-corrected chi connectivity index (χ0v) is 15.4. The maximum absolute atomic E-state index is 8.83. The average molecular weight is 320 g/mol. The van der Waals surface area contributed by atoms with E-state index >= 15 is 0 Å². The van der Waals surface area contributed by atoms with Crippen molar-refractivity contribution in [2.24, 2.45) is 5.73 Å². The third-order valence-electron chi connectivity index (χ3n) is 3.39. The summed E-state index contributed by atoms with van der Waals surface area (Å²) in [6.07, 6.45) is 5.86. The minimum absolute atomic E-state index is 0.763. The lowest BCUT2D eigenvalue weighted by molar-refractivity contribution is 1.33. The average Bonchev–Trinajstić information content (AvgIpc) is 2.60. The second-order valence-corrected chi connectivity index (χ2v) is 5.25. The van der Waals surface area contributed by atoms with Crippen LogP contribution in [0.1, 0.15) is 40.3 Å². The fraction of sp³-hybridized carbons (Fsp3) is 0.227. The second-order valence-electron chi connectivity index (χ2n) is 5.25. The predicted molar refractivity (Wildman–Crippen MR) is 107 cm³/mol. The standard InChI is InChI=1S/C12H13N.C9H10.CH5N/c1-4-5-11-7-12(8-13)10(3)6-9(11)2;1-3-9-6-4-8(2)5-7-9;1-2/h4-7H,1-3H3;3-7H,1H2,2H3;2H2,1H3/b5-4-;;. The molecule has 0 radical (unpaired) electrons. The monoisotopic (exact) mass is 320 g/mol. The summed E-state index contributed by atoms with van der Waals surface area (Å²) in [6, 6.07) is 14.4. The second kappa shape index (κ2) is 11.9. The summed E-state index contributed by atoms with van der Waals surface area (Å²) in [5, 5.41) is 8.83. The molecule has 0 aromatic heterocycles. The van der Waals surface area contributed by atoms with Gasteiger partial charge in [-0.3, -0.25) is 0 Å². The van der Waals surface area contributed by atoms with Crippen molar-refractivity contribution in [2.45, 2.75) is 27.7 Å². The predicted octanol–water partition coefficient (Wildman–Crippen LogP) is 5.42. The van der Waals surface area contributed by atoms with Gasteiger partial charge in [-0.05, 0) is 63.1 Å². The zero-order valence-electron chi connectivity index (χ0n) is 15.4. The van der Waals surface area contributed by atoms with E-state index in [2.05, 4.69) is 56.5 Å². The highest BCUT2D eigenvalue weighted by Crippen LogP contribution is 2.16. The molecule has 0 saturated carbocycles. The molecule has 0 aliphatic carbocycles. The topological polar surface area (TPSA) is 49.8 Å². The van der Waals surface area contributed by atoms with E-state index in [-0.39, 0.29) is 0 Å². The first kappa shape index (κ1) is 21.4. The smallest absolute Gasteiger partial charge is 0.0994 e. The summed E-state index contributed by atoms with van der Waals surface area (Å²) in [5.41, 5.74) is 11.1. The number of nitrogens with zero attached hydrogens (tertiary/aromatic N) is 1. The Hall–Kier alpha value is -2.63. The van der Waals surface area contributed by atoms with Gasteiger partial charge in [0.2, 0.25) is 0 Å². The molecule has 2 aromatic rings. The summed E-state index contributed by atoms with van der Waals surface area (Å²) < 4.78 is 0. The Bertz CT molecular complexity index is 702. The molecule has 2 N–H and O–H groups in total. The molecule has 0 unspecified atom stereocenters. The van der Waals surface area contributed by atoms with Crippen LogP contribution < -0.4 is 5.73 Å². The number of rotatable bonds is 2. The summed E-state index contributed by atoms with van der Waals surface area (Å²) in [6.45, 7) is 11.7. The van der Waals surface area contributed by atoms with E-state index in [1.165, 1.54) is 23.7 Å². The fourth-order valence-electron chi connectivity index (χ4n) is 2.05. The van der Waals surface area contributed by atoms with E-state index < -0.39 is 0 Å². The van der Waals surface area contributed by atoms with Crippen molar-refractivity contribution in [3.8, 4) is 6.07 Å². The van der Waals surface area contributed by atoms with Gasteiger partial charge in [-0.25, -0.2) is 0 Å². The van der Waals surface area contributed by atoms with Gasteiger partial charge in [-0.15, -0.1) is 0 Å². The molecule has 0 aliphatic heterocycles. The molecule has 2 aromatic carbocycles. The van der Waals surface area contributed by atoms with Gasteiger partial charge >= 0.3 is 0 Å². The lowest BCUT2D eigenvalue weighted by Crippen LogP contribution is -1.87. The van der Waals surface area contributed by atoms with E-state index in [9.17, 15) is 0 Å². The molecule has 24 heavy (non-hydrogen) atoms. The molecule has 0 spiro atoms. The molecule has 0 fully saturated rings. The third kappa shape index (κ3) is 7.09. The highest BCUT2D eigenvalue weighted by atomic mass is 14.4. The van der Waals surface area contributed by atoms with Crippen molar-refractivity contribution in [1.29, 1.82) is 5.26 Å². The summed E-state index contributed by atoms with van der Waals surface area (Å²) in [7, 11) is 1.50. The van der Waals surface area contributed by atoms with Gasteiger partial charge in [-0.1, -0.05) is 60.7 Å². The fourth-order valence-corrected chi connectivity index (χ4v) is 2.05. The van der Waals surface area contributed by atoms with Crippen LogP contribution in [0.4, 0.5) is 0 Å². The number of aryl methyl sites for hydroxylation is 3. The van der Waals surface area contributed by atoms with Crippen molar-refractivity contribution in [3.63, 3.8) is 0 Å². The molecular formula is C22H28N2. The van der Waals surface area contributed by atoms with Crippen LogP contribution in [-0.2, 0) is 0 Å². The Morgan fingerprint density at radius 2 is 1.58 bits per heavy atom. The van der Waals surface area contributed by atoms with Gasteiger partial charge < -0.3 is 5.73 Å². The lowest BCUT2D eigenvalue weighted by atomic mass is 10.0. The molecule has 0 saturated heterocycles. The van der Waals surface area contributed by atoms with E-state index in [0.717, 1.165) is 16.7 Å². The van der Waals surface area contributed by atoms with E-state index in [4.69, 9.17) is 5.26 Å². The highest BCUT2D eigenvalue weighted by Gasteiger charge is 2.00. The Morgan fingerprint density at radius 1 is 1.00 bits per heavy atom. The number of hydrogen-bond donors (Lipinski definition) is 1. The largest absolute Gasteiger partial charge is 0.333 e. The zero-order chi connectivity index (χ0) is 18.5. The molecule has 0 aliphatic rings. The molecule has 0 heterocycles. The summed E-state index contributed by atoms with van der Waals surface area (Å²) >= 11 is 0. The van der Waals surface area contributed by atoms with Gasteiger partial charge in [-0.2, -0.15) is 5.26 Å². The van der Waals surface area contributed by atoms with Crippen LogP contribution in [0.15, 0.2) is 49.1 Å². The number of allylic oxidation sites excluding steroid dienone is 1. The number of nitrogens with two attached hydrogens (primary N) is 1. The minimum Gasteiger partial charge on any atom is -0.333 e. The van der Waals surface area contributed by atoms with Crippen LogP contribution in [-0.4, -0.2) is 7.05 Å². The van der Waals surface area contributed by atoms with Gasteiger partial charge in [0.1, 0.15) is 0 Å². The van der Waals surface area contributed by atoms with Crippen LogP contribution >= 0.6 is 0 Å². The Morgan fingerprint density at radius 3 is 2.04 bits per heavy atom. The SMILES string of the molecule is C/C=C\c1cc(C#N)c(C)cc1C.C=Cc1ccc(C)cc1.CN. The number of benzene rings is 2.